The first kappa shape index (κ1) is 15.7. The predicted octanol–water partition coefficient (Wildman–Crippen LogP) is 2.24. The van der Waals surface area contributed by atoms with Crippen molar-refractivity contribution in [1.82, 2.24) is 19.8 Å². The van der Waals surface area contributed by atoms with E-state index < -0.39 is 0 Å². The number of nitrogens with one attached hydrogen (secondary N) is 1. The Morgan fingerprint density at radius 3 is 3.04 bits per heavy atom. The molecule has 1 aromatic heterocycles. The summed E-state index contributed by atoms with van der Waals surface area (Å²) in [5.74, 6) is 0.637. The molecule has 0 spiro atoms. The summed E-state index contributed by atoms with van der Waals surface area (Å²) < 4.78 is 13.3. The maximum atomic E-state index is 13.3. The van der Waals surface area contributed by atoms with Crippen LogP contribution in [-0.4, -0.2) is 52.9 Å². The Balaban J connectivity index is 1.66. The third kappa shape index (κ3) is 3.59. The number of amides is 1. The van der Waals surface area contributed by atoms with Gasteiger partial charge in [0, 0.05) is 43.0 Å². The minimum atomic E-state index is -0.383. The minimum Gasteiger partial charge on any atom is -0.345 e. The van der Waals surface area contributed by atoms with Crippen LogP contribution in [-0.2, 0) is 6.54 Å². The summed E-state index contributed by atoms with van der Waals surface area (Å²) in [6, 6.07) is 5.85. The molecule has 6 heteroatoms. The Bertz CT molecular complexity index is 697. The van der Waals surface area contributed by atoms with E-state index >= 15 is 0 Å². The number of hydrogen-bond donors (Lipinski definition) is 1. The maximum Gasteiger partial charge on any atom is 0.253 e. The highest BCUT2D eigenvalue weighted by atomic mass is 19.1. The Morgan fingerprint density at radius 2 is 2.30 bits per heavy atom. The molecule has 1 saturated heterocycles. The molecular formula is C17H21FN4O. The third-order valence-corrected chi connectivity index (χ3v) is 4.07. The Labute approximate surface area is 135 Å². The van der Waals surface area contributed by atoms with Crippen molar-refractivity contribution in [3.8, 4) is 0 Å². The van der Waals surface area contributed by atoms with Crippen molar-refractivity contribution < 1.29 is 9.18 Å². The number of benzene rings is 1. The van der Waals surface area contributed by atoms with Gasteiger partial charge in [0.25, 0.3) is 5.91 Å². The molecule has 0 unspecified atom stereocenters. The van der Waals surface area contributed by atoms with Crippen LogP contribution in [0.2, 0.25) is 0 Å². The maximum absolute atomic E-state index is 13.3. The van der Waals surface area contributed by atoms with Crippen molar-refractivity contribution in [3.63, 3.8) is 0 Å². The van der Waals surface area contributed by atoms with Gasteiger partial charge in [-0.05, 0) is 38.7 Å². The van der Waals surface area contributed by atoms with E-state index in [0.29, 0.717) is 18.7 Å². The van der Waals surface area contributed by atoms with Gasteiger partial charge in [-0.3, -0.25) is 4.79 Å². The second kappa shape index (κ2) is 6.50. The molecule has 0 radical (unpaired) electrons. The first-order chi connectivity index (χ1) is 11.0. The van der Waals surface area contributed by atoms with Gasteiger partial charge in [0.2, 0.25) is 0 Å². The quantitative estimate of drug-likeness (QED) is 0.941. The van der Waals surface area contributed by atoms with Crippen LogP contribution < -0.4 is 0 Å². The summed E-state index contributed by atoms with van der Waals surface area (Å²) in [6.45, 7) is 2.10. The van der Waals surface area contributed by atoms with Gasteiger partial charge in [-0.25, -0.2) is 9.37 Å². The van der Waals surface area contributed by atoms with Crippen molar-refractivity contribution in [2.24, 2.45) is 0 Å². The third-order valence-electron chi connectivity index (χ3n) is 4.07. The number of nitrogens with zero attached hydrogens (tertiary/aromatic N) is 3. The van der Waals surface area contributed by atoms with Crippen molar-refractivity contribution in [1.29, 1.82) is 0 Å². The normalized spacial score (nSPS) is 17.9. The van der Waals surface area contributed by atoms with E-state index in [0.717, 1.165) is 24.5 Å². The highest BCUT2D eigenvalue weighted by Crippen LogP contribution is 2.26. The molecule has 5 nitrogen and oxygen atoms in total. The van der Waals surface area contributed by atoms with Crippen LogP contribution >= 0.6 is 0 Å². The lowest BCUT2D eigenvalue weighted by Gasteiger charge is -2.16. The lowest BCUT2D eigenvalue weighted by Crippen LogP contribution is -2.28. The molecule has 2 heterocycles. The summed E-state index contributed by atoms with van der Waals surface area (Å²) >= 11 is 0. The van der Waals surface area contributed by atoms with Crippen LogP contribution in [0.15, 0.2) is 30.5 Å². The second-order valence-electron chi connectivity index (χ2n) is 6.28. The number of aromatic nitrogens is 2. The molecule has 3 rings (SSSR count). The summed E-state index contributed by atoms with van der Waals surface area (Å²) in [5, 5.41) is 0. The second-order valence-corrected chi connectivity index (χ2v) is 6.28. The van der Waals surface area contributed by atoms with E-state index in [-0.39, 0.29) is 17.6 Å². The van der Waals surface area contributed by atoms with Crippen LogP contribution in [0.25, 0.3) is 0 Å². The van der Waals surface area contributed by atoms with E-state index in [1.54, 1.807) is 17.0 Å². The van der Waals surface area contributed by atoms with E-state index in [1.165, 1.54) is 12.1 Å². The van der Waals surface area contributed by atoms with Crippen molar-refractivity contribution in [2.45, 2.75) is 18.9 Å². The van der Waals surface area contributed by atoms with Crippen molar-refractivity contribution in [2.75, 3.05) is 27.2 Å². The largest absolute Gasteiger partial charge is 0.345 e. The molecule has 0 saturated carbocycles. The van der Waals surface area contributed by atoms with Gasteiger partial charge < -0.3 is 14.8 Å². The van der Waals surface area contributed by atoms with Gasteiger partial charge in [0.15, 0.2) is 0 Å². The molecule has 1 aliphatic rings. The van der Waals surface area contributed by atoms with Crippen molar-refractivity contribution >= 4 is 5.91 Å². The van der Waals surface area contributed by atoms with Crippen LogP contribution in [0, 0.1) is 5.82 Å². The fourth-order valence-electron chi connectivity index (χ4n) is 2.98. The Kier molecular flexibility index (Phi) is 4.43. The average molecular weight is 316 g/mol. The number of halogens is 1. The molecule has 1 aliphatic heterocycles. The lowest BCUT2D eigenvalue weighted by molar-refractivity contribution is 0.0790. The number of carbonyl (C=O) groups excluding carboxylic acids is 1. The molecule has 2 aromatic rings. The van der Waals surface area contributed by atoms with Gasteiger partial charge in [-0.2, -0.15) is 0 Å². The first-order valence-corrected chi connectivity index (χ1v) is 7.76. The molecule has 1 N–H and O–H groups in total. The number of likely N-dealkylation sites (tertiary alicyclic amines) is 1. The van der Waals surface area contributed by atoms with Crippen LogP contribution in [0.1, 0.15) is 34.2 Å². The molecule has 23 heavy (non-hydrogen) atoms. The number of H-pyrrole nitrogens is 1. The molecule has 0 bridgehead atoms. The fourth-order valence-corrected chi connectivity index (χ4v) is 2.98. The zero-order valence-electron chi connectivity index (χ0n) is 13.4. The number of aromatic amines is 1. The molecule has 122 valence electrons. The van der Waals surface area contributed by atoms with Crippen LogP contribution in [0.3, 0.4) is 0 Å². The number of carbonyl (C=O) groups is 1. The molecule has 0 aliphatic carbocycles. The highest BCUT2D eigenvalue weighted by Gasteiger charge is 2.29. The molecule has 1 aromatic carbocycles. The highest BCUT2D eigenvalue weighted by molar-refractivity contribution is 5.94. The zero-order chi connectivity index (χ0) is 16.4. The number of hydrogen-bond acceptors (Lipinski definition) is 3. The SMILES string of the molecule is CN(C)Cc1cnc([C@@H]2CCN(C(=O)c3cccc(F)c3)C2)[nH]1. The Morgan fingerprint density at radius 1 is 1.48 bits per heavy atom. The molecule has 1 atom stereocenters. The minimum absolute atomic E-state index is 0.118. The van der Waals surface area contributed by atoms with E-state index in [9.17, 15) is 9.18 Å². The summed E-state index contributed by atoms with van der Waals surface area (Å²) in [7, 11) is 4.02. The zero-order valence-corrected chi connectivity index (χ0v) is 13.4. The van der Waals surface area contributed by atoms with Crippen LogP contribution in [0.4, 0.5) is 4.39 Å². The number of imidazole rings is 1. The van der Waals surface area contributed by atoms with Gasteiger partial charge in [-0.1, -0.05) is 6.07 Å². The van der Waals surface area contributed by atoms with Crippen LogP contribution in [0.5, 0.6) is 0 Å². The first-order valence-electron chi connectivity index (χ1n) is 7.76. The van der Waals surface area contributed by atoms with Gasteiger partial charge >= 0.3 is 0 Å². The van der Waals surface area contributed by atoms with Crippen molar-refractivity contribution in [3.05, 3.63) is 53.4 Å². The smallest absolute Gasteiger partial charge is 0.253 e. The summed E-state index contributed by atoms with van der Waals surface area (Å²) in [6.07, 6.45) is 2.72. The van der Waals surface area contributed by atoms with Gasteiger partial charge in [0.05, 0.1) is 0 Å². The fraction of sp³-hybridized carbons (Fsp3) is 0.412. The number of rotatable bonds is 4. The Hall–Kier alpha value is -2.21. The molecule has 1 fully saturated rings. The van der Waals surface area contributed by atoms with E-state index in [1.807, 2.05) is 20.3 Å². The monoisotopic (exact) mass is 316 g/mol. The average Bonchev–Trinajstić information content (AvgIpc) is 3.14. The summed E-state index contributed by atoms with van der Waals surface area (Å²) in [4.78, 5) is 24.1. The topological polar surface area (TPSA) is 52.2 Å². The lowest BCUT2D eigenvalue weighted by atomic mass is 10.1. The standard InChI is InChI=1S/C17H21FN4O/c1-21(2)11-15-9-19-16(20-15)13-6-7-22(10-13)17(23)12-4-3-5-14(18)8-12/h3-5,8-9,13H,6-7,10-11H2,1-2H3,(H,19,20)/t13-/m1/s1. The molecule has 1 amide bonds. The summed E-state index contributed by atoms with van der Waals surface area (Å²) in [5.41, 5.74) is 1.47. The van der Waals surface area contributed by atoms with Gasteiger partial charge in [-0.15, -0.1) is 0 Å². The van der Waals surface area contributed by atoms with E-state index in [4.69, 9.17) is 0 Å². The van der Waals surface area contributed by atoms with E-state index in [2.05, 4.69) is 14.9 Å². The van der Waals surface area contributed by atoms with Gasteiger partial charge in [0.1, 0.15) is 11.6 Å². The molecular weight excluding hydrogens is 295 g/mol. The predicted molar refractivity (Wildman–Crippen MR) is 85.6 cm³/mol.